The SMILES string of the molecule is O=C(Nc1nc2ccccc2s1)C(NC(=O)c1ccccc1)=C(Cl)Cl. The van der Waals surface area contributed by atoms with Crippen molar-refractivity contribution in [1.82, 2.24) is 10.3 Å². The lowest BCUT2D eigenvalue weighted by Crippen LogP contribution is -2.31. The first-order chi connectivity index (χ1) is 12.0. The van der Waals surface area contributed by atoms with Gasteiger partial charge in [0.2, 0.25) is 0 Å². The summed E-state index contributed by atoms with van der Waals surface area (Å²) in [6, 6.07) is 15.9. The largest absolute Gasteiger partial charge is 0.315 e. The van der Waals surface area contributed by atoms with Gasteiger partial charge in [-0.25, -0.2) is 4.98 Å². The maximum atomic E-state index is 12.4. The van der Waals surface area contributed by atoms with Crippen LogP contribution in [0.15, 0.2) is 64.8 Å². The number of hydrogen-bond acceptors (Lipinski definition) is 4. The Balaban J connectivity index is 1.77. The van der Waals surface area contributed by atoms with E-state index in [2.05, 4.69) is 15.6 Å². The van der Waals surface area contributed by atoms with Gasteiger partial charge in [0, 0.05) is 5.56 Å². The number of benzene rings is 2. The van der Waals surface area contributed by atoms with Crippen LogP contribution in [0, 0.1) is 0 Å². The summed E-state index contributed by atoms with van der Waals surface area (Å²) in [7, 11) is 0. The molecule has 2 amide bonds. The fraction of sp³-hybridized carbons (Fsp3) is 0. The average Bonchev–Trinajstić information content (AvgIpc) is 3.02. The lowest BCUT2D eigenvalue weighted by molar-refractivity contribution is -0.113. The minimum atomic E-state index is -0.650. The molecule has 5 nitrogen and oxygen atoms in total. The minimum Gasteiger partial charge on any atom is -0.315 e. The Morgan fingerprint density at radius 1 is 0.960 bits per heavy atom. The molecule has 0 atom stereocenters. The molecule has 2 aromatic carbocycles. The van der Waals surface area contributed by atoms with Gasteiger partial charge in [-0.2, -0.15) is 0 Å². The Bertz CT molecular complexity index is 933. The molecule has 0 unspecified atom stereocenters. The summed E-state index contributed by atoms with van der Waals surface area (Å²) >= 11 is 12.8. The highest BCUT2D eigenvalue weighted by Crippen LogP contribution is 2.26. The van der Waals surface area contributed by atoms with E-state index in [9.17, 15) is 9.59 Å². The normalized spacial score (nSPS) is 10.3. The van der Waals surface area contributed by atoms with Crippen LogP contribution in [0.1, 0.15) is 10.4 Å². The number of carbonyl (C=O) groups is 2. The molecule has 0 spiro atoms. The number of halogens is 2. The number of thiazole rings is 1. The van der Waals surface area contributed by atoms with Crippen molar-refractivity contribution < 1.29 is 9.59 Å². The second kappa shape index (κ2) is 7.65. The van der Waals surface area contributed by atoms with Crippen molar-refractivity contribution in [3.8, 4) is 0 Å². The van der Waals surface area contributed by atoms with E-state index in [-0.39, 0.29) is 10.2 Å². The van der Waals surface area contributed by atoms with E-state index >= 15 is 0 Å². The van der Waals surface area contributed by atoms with Crippen LogP contribution in [0.2, 0.25) is 0 Å². The van der Waals surface area contributed by atoms with E-state index < -0.39 is 11.8 Å². The number of para-hydroxylation sites is 1. The standard InChI is InChI=1S/C17H11Cl2N3O2S/c18-14(19)13(21-15(23)10-6-2-1-3-7-10)16(24)22-17-20-11-8-4-5-9-12(11)25-17/h1-9H,(H,21,23)(H,20,22,24). The second-order valence-electron chi connectivity index (χ2n) is 4.90. The maximum absolute atomic E-state index is 12.4. The van der Waals surface area contributed by atoms with Crippen LogP contribution >= 0.6 is 34.5 Å². The Morgan fingerprint density at radius 2 is 1.64 bits per heavy atom. The third-order valence-corrected chi connectivity index (χ3v) is 4.53. The van der Waals surface area contributed by atoms with Crippen LogP contribution in [-0.4, -0.2) is 16.8 Å². The molecule has 8 heteroatoms. The Labute approximate surface area is 157 Å². The monoisotopic (exact) mass is 391 g/mol. The molecule has 1 heterocycles. The van der Waals surface area contributed by atoms with Crippen molar-refractivity contribution >= 4 is 61.7 Å². The van der Waals surface area contributed by atoms with Crippen LogP contribution in [0.25, 0.3) is 10.2 Å². The third-order valence-electron chi connectivity index (χ3n) is 3.20. The molecular weight excluding hydrogens is 381 g/mol. The van der Waals surface area contributed by atoms with Gasteiger partial charge in [-0.15, -0.1) is 0 Å². The quantitative estimate of drug-likeness (QED) is 0.650. The van der Waals surface area contributed by atoms with Crippen LogP contribution in [-0.2, 0) is 4.79 Å². The molecule has 2 N–H and O–H groups in total. The molecule has 25 heavy (non-hydrogen) atoms. The number of aromatic nitrogens is 1. The number of nitrogens with zero attached hydrogens (tertiary/aromatic N) is 1. The van der Waals surface area contributed by atoms with Crippen molar-refractivity contribution in [3.05, 3.63) is 70.3 Å². The van der Waals surface area contributed by atoms with E-state index in [0.717, 1.165) is 10.2 Å². The van der Waals surface area contributed by atoms with E-state index in [1.54, 1.807) is 30.3 Å². The summed E-state index contributed by atoms with van der Waals surface area (Å²) in [4.78, 5) is 28.9. The van der Waals surface area contributed by atoms with E-state index in [0.29, 0.717) is 10.7 Å². The molecule has 0 saturated heterocycles. The van der Waals surface area contributed by atoms with Crippen molar-refractivity contribution in [3.63, 3.8) is 0 Å². The summed E-state index contributed by atoms with van der Waals surface area (Å²) < 4.78 is 0.580. The maximum Gasteiger partial charge on any atom is 0.276 e. The van der Waals surface area contributed by atoms with Gasteiger partial charge < -0.3 is 5.32 Å². The van der Waals surface area contributed by atoms with Gasteiger partial charge in [-0.1, -0.05) is 64.9 Å². The highest BCUT2D eigenvalue weighted by atomic mass is 35.5. The van der Waals surface area contributed by atoms with Gasteiger partial charge in [0.1, 0.15) is 10.2 Å². The second-order valence-corrected chi connectivity index (χ2v) is 6.88. The van der Waals surface area contributed by atoms with Crippen LogP contribution < -0.4 is 10.6 Å². The summed E-state index contributed by atoms with van der Waals surface area (Å²) in [6.07, 6.45) is 0. The average molecular weight is 392 g/mol. The number of nitrogens with one attached hydrogen (secondary N) is 2. The van der Waals surface area contributed by atoms with Gasteiger partial charge in [-0.3, -0.25) is 14.9 Å². The smallest absolute Gasteiger partial charge is 0.276 e. The first-order valence-electron chi connectivity index (χ1n) is 7.13. The van der Waals surface area contributed by atoms with Crippen LogP contribution in [0.5, 0.6) is 0 Å². The Hall–Kier alpha value is -2.41. The summed E-state index contributed by atoms with van der Waals surface area (Å²) in [6.45, 7) is 0. The highest BCUT2D eigenvalue weighted by Gasteiger charge is 2.19. The van der Waals surface area contributed by atoms with Gasteiger partial charge in [0.25, 0.3) is 11.8 Å². The third kappa shape index (κ3) is 4.17. The molecule has 0 aliphatic carbocycles. The van der Waals surface area contributed by atoms with Crippen molar-refractivity contribution in [2.45, 2.75) is 0 Å². The molecule has 0 aliphatic rings. The lowest BCUT2D eigenvalue weighted by Gasteiger charge is -2.09. The van der Waals surface area contributed by atoms with Gasteiger partial charge >= 0.3 is 0 Å². The zero-order chi connectivity index (χ0) is 17.8. The topological polar surface area (TPSA) is 71.1 Å². The fourth-order valence-electron chi connectivity index (χ4n) is 2.05. The molecule has 0 aliphatic heterocycles. The highest BCUT2D eigenvalue weighted by molar-refractivity contribution is 7.22. The number of carbonyl (C=O) groups excluding carboxylic acids is 2. The first-order valence-corrected chi connectivity index (χ1v) is 8.70. The van der Waals surface area contributed by atoms with Crippen molar-refractivity contribution in [2.75, 3.05) is 5.32 Å². The van der Waals surface area contributed by atoms with E-state index in [4.69, 9.17) is 23.2 Å². The minimum absolute atomic E-state index is 0.239. The van der Waals surface area contributed by atoms with Crippen LogP contribution in [0.3, 0.4) is 0 Å². The van der Waals surface area contributed by atoms with Gasteiger partial charge in [-0.05, 0) is 24.3 Å². The molecule has 3 aromatic rings. The molecule has 0 bridgehead atoms. The summed E-state index contributed by atoms with van der Waals surface area (Å²) in [5, 5.41) is 5.41. The van der Waals surface area contributed by atoms with E-state index in [1.165, 1.54) is 11.3 Å². The van der Waals surface area contributed by atoms with Crippen molar-refractivity contribution in [2.24, 2.45) is 0 Å². The molecule has 0 fully saturated rings. The molecule has 0 radical (unpaired) electrons. The Kier molecular flexibility index (Phi) is 5.33. The number of rotatable bonds is 4. The molecule has 0 saturated carbocycles. The van der Waals surface area contributed by atoms with Gasteiger partial charge in [0.05, 0.1) is 10.2 Å². The number of amides is 2. The molecule has 3 rings (SSSR count). The zero-order valence-electron chi connectivity index (χ0n) is 12.6. The first kappa shape index (κ1) is 17.4. The van der Waals surface area contributed by atoms with Crippen molar-refractivity contribution in [1.29, 1.82) is 0 Å². The molecule has 1 aromatic heterocycles. The predicted octanol–water partition coefficient (Wildman–Crippen LogP) is 4.31. The molecular formula is C17H11Cl2N3O2S. The zero-order valence-corrected chi connectivity index (χ0v) is 15.0. The fourth-order valence-corrected chi connectivity index (χ4v) is 3.18. The summed E-state index contributed by atoms with van der Waals surface area (Å²) in [5.74, 6) is -1.14. The number of fused-ring (bicyclic) bond motifs is 1. The predicted molar refractivity (Wildman–Crippen MR) is 101 cm³/mol. The number of hydrogen-bond donors (Lipinski definition) is 2. The van der Waals surface area contributed by atoms with Crippen LogP contribution in [0.4, 0.5) is 5.13 Å². The van der Waals surface area contributed by atoms with Gasteiger partial charge in [0.15, 0.2) is 5.13 Å². The number of anilines is 1. The summed E-state index contributed by atoms with van der Waals surface area (Å²) in [5.41, 5.74) is 0.900. The van der Waals surface area contributed by atoms with E-state index in [1.807, 2.05) is 24.3 Å². The lowest BCUT2D eigenvalue weighted by atomic mass is 10.2. The Morgan fingerprint density at radius 3 is 2.32 bits per heavy atom. The molecule has 126 valence electrons.